The fourth-order valence-electron chi connectivity index (χ4n) is 5.38. The zero-order valence-corrected chi connectivity index (χ0v) is 14.7. The molecule has 5 aliphatic rings. The van der Waals surface area contributed by atoms with Crippen LogP contribution in [0, 0.1) is 35.5 Å². The van der Waals surface area contributed by atoms with E-state index in [1.165, 1.54) is 9.80 Å². The third kappa shape index (κ3) is 2.29. The van der Waals surface area contributed by atoms with Gasteiger partial charge in [0.2, 0.25) is 23.6 Å². The van der Waals surface area contributed by atoms with Crippen molar-refractivity contribution in [2.24, 2.45) is 35.5 Å². The Morgan fingerprint density at radius 3 is 1.56 bits per heavy atom. The highest BCUT2D eigenvalue weighted by Crippen LogP contribution is 2.52. The summed E-state index contributed by atoms with van der Waals surface area (Å²) in [6, 6.07) is 0. The second-order valence-electron chi connectivity index (χ2n) is 7.97. The fraction of sp³-hybridized carbons (Fsp3) is 0.684. The minimum atomic E-state index is -0.0208. The number of likely N-dealkylation sites (tertiary alicyclic amines) is 2. The summed E-state index contributed by atoms with van der Waals surface area (Å²) < 4.78 is 0. The fourth-order valence-corrected chi connectivity index (χ4v) is 5.38. The van der Waals surface area contributed by atoms with Gasteiger partial charge in [0.1, 0.15) is 0 Å². The molecule has 0 aromatic carbocycles. The molecule has 2 bridgehead atoms. The van der Waals surface area contributed by atoms with Gasteiger partial charge in [-0.25, -0.2) is 0 Å². The van der Waals surface area contributed by atoms with E-state index in [2.05, 4.69) is 12.2 Å². The van der Waals surface area contributed by atoms with Crippen molar-refractivity contribution in [2.75, 3.05) is 14.1 Å². The Hall–Kier alpha value is -1.98. The van der Waals surface area contributed by atoms with Gasteiger partial charge < -0.3 is 0 Å². The van der Waals surface area contributed by atoms with Gasteiger partial charge in [0.25, 0.3) is 0 Å². The summed E-state index contributed by atoms with van der Waals surface area (Å²) in [6.07, 6.45) is 9.27. The predicted molar refractivity (Wildman–Crippen MR) is 88.7 cm³/mol. The molecule has 0 N–H and O–H groups in total. The molecule has 2 heterocycles. The Morgan fingerprint density at radius 2 is 1.12 bits per heavy atom. The van der Waals surface area contributed by atoms with E-state index in [0.717, 1.165) is 32.1 Å². The van der Waals surface area contributed by atoms with Crippen molar-refractivity contribution >= 4 is 23.6 Å². The van der Waals surface area contributed by atoms with Crippen molar-refractivity contribution in [1.82, 2.24) is 9.80 Å². The number of carbonyl (C=O) groups is 4. The first-order chi connectivity index (χ1) is 11.9. The lowest BCUT2D eigenvalue weighted by Gasteiger charge is -2.19. The van der Waals surface area contributed by atoms with Crippen LogP contribution < -0.4 is 0 Å². The number of amides is 4. The molecule has 2 saturated heterocycles. The van der Waals surface area contributed by atoms with Crippen molar-refractivity contribution in [1.29, 1.82) is 0 Å². The van der Waals surface area contributed by atoms with Gasteiger partial charge in [0, 0.05) is 14.1 Å². The third-order valence-corrected chi connectivity index (χ3v) is 6.75. The van der Waals surface area contributed by atoms with E-state index in [1.807, 2.05) is 0 Å². The summed E-state index contributed by atoms with van der Waals surface area (Å²) >= 11 is 0. The topological polar surface area (TPSA) is 74.8 Å². The average Bonchev–Trinajstić information content (AvgIpc) is 3.35. The Labute approximate surface area is 147 Å². The summed E-state index contributed by atoms with van der Waals surface area (Å²) in [5.74, 6) is 0.855. The zero-order chi connectivity index (χ0) is 17.9. The molecule has 134 valence electrons. The van der Waals surface area contributed by atoms with E-state index in [9.17, 15) is 19.2 Å². The normalized spacial score (nSPS) is 41.2. The van der Waals surface area contributed by atoms with Crippen LogP contribution in [0.2, 0.25) is 0 Å². The molecule has 6 unspecified atom stereocenters. The minimum Gasteiger partial charge on any atom is -0.285 e. The molecular weight excluding hydrogens is 320 g/mol. The van der Waals surface area contributed by atoms with Crippen LogP contribution in [0.1, 0.15) is 32.1 Å². The monoisotopic (exact) mass is 344 g/mol. The van der Waals surface area contributed by atoms with E-state index in [1.54, 1.807) is 14.1 Å². The van der Waals surface area contributed by atoms with E-state index in [0.29, 0.717) is 11.8 Å². The minimum absolute atomic E-state index is 0.0208. The number of carbonyl (C=O) groups excluding carboxylic acids is 4. The SMILES string of the molecule is CN1C(=O)C2C3C=CC(C3)C2C1=O.CN1C(=O)C2CCCCC2C1=O. The maximum Gasteiger partial charge on any atom is 0.233 e. The van der Waals surface area contributed by atoms with Gasteiger partial charge in [-0.2, -0.15) is 0 Å². The number of hydrogen-bond acceptors (Lipinski definition) is 4. The second kappa shape index (κ2) is 5.78. The van der Waals surface area contributed by atoms with Gasteiger partial charge in [-0.15, -0.1) is 0 Å². The summed E-state index contributed by atoms with van der Waals surface area (Å²) in [7, 11) is 3.20. The molecule has 6 nitrogen and oxygen atoms in total. The third-order valence-electron chi connectivity index (χ3n) is 6.75. The lowest BCUT2D eigenvalue weighted by atomic mass is 9.81. The molecule has 2 saturated carbocycles. The first-order valence-electron chi connectivity index (χ1n) is 9.23. The highest BCUT2D eigenvalue weighted by atomic mass is 16.2. The van der Waals surface area contributed by atoms with Crippen molar-refractivity contribution in [3.63, 3.8) is 0 Å². The predicted octanol–water partition coefficient (Wildman–Crippen LogP) is 1.21. The maximum atomic E-state index is 11.7. The standard InChI is InChI=1S/C10H11NO2.C9H13NO2/c1-11-9(12)7-5-2-3-6(4-5)8(7)10(11)13;1-10-8(11)6-4-2-3-5-7(6)9(10)12/h2-3,5-8H,4H2,1H3;6-7H,2-5H2,1H3. The summed E-state index contributed by atoms with van der Waals surface area (Å²) in [5.41, 5.74) is 0. The van der Waals surface area contributed by atoms with Crippen LogP contribution in [0.25, 0.3) is 0 Å². The van der Waals surface area contributed by atoms with Gasteiger partial charge in [0.15, 0.2) is 0 Å². The highest BCUT2D eigenvalue weighted by Gasteiger charge is 2.58. The Bertz CT molecular complexity index is 631. The lowest BCUT2D eigenvalue weighted by molar-refractivity contribution is -0.140. The Balaban J connectivity index is 0.000000126. The van der Waals surface area contributed by atoms with Crippen molar-refractivity contribution in [3.05, 3.63) is 12.2 Å². The molecule has 0 aromatic heterocycles. The van der Waals surface area contributed by atoms with Crippen molar-refractivity contribution in [3.8, 4) is 0 Å². The Morgan fingerprint density at radius 1 is 0.720 bits per heavy atom. The van der Waals surface area contributed by atoms with Gasteiger partial charge in [0.05, 0.1) is 23.7 Å². The average molecular weight is 344 g/mol. The van der Waals surface area contributed by atoms with Gasteiger partial charge in [-0.05, 0) is 31.1 Å². The molecule has 6 heteroatoms. The second-order valence-corrected chi connectivity index (χ2v) is 7.97. The molecule has 4 fully saturated rings. The number of rotatable bonds is 0. The molecular formula is C19H24N2O4. The van der Waals surface area contributed by atoms with Gasteiger partial charge in [-0.3, -0.25) is 29.0 Å². The van der Waals surface area contributed by atoms with Crippen LogP contribution in [0.5, 0.6) is 0 Å². The van der Waals surface area contributed by atoms with Crippen LogP contribution in [-0.2, 0) is 19.2 Å². The van der Waals surface area contributed by atoms with E-state index in [4.69, 9.17) is 0 Å². The van der Waals surface area contributed by atoms with Crippen LogP contribution in [0.4, 0.5) is 0 Å². The van der Waals surface area contributed by atoms with Crippen molar-refractivity contribution < 1.29 is 19.2 Å². The summed E-state index contributed by atoms with van der Waals surface area (Å²) in [5, 5.41) is 0. The van der Waals surface area contributed by atoms with Crippen LogP contribution in [0.3, 0.4) is 0 Å². The van der Waals surface area contributed by atoms with E-state index in [-0.39, 0.29) is 47.3 Å². The highest BCUT2D eigenvalue weighted by molar-refractivity contribution is 6.06. The molecule has 2 aliphatic heterocycles. The quantitative estimate of drug-likeness (QED) is 0.489. The molecule has 0 spiro atoms. The lowest BCUT2D eigenvalue weighted by Crippen LogP contribution is -2.28. The summed E-state index contributed by atoms with van der Waals surface area (Å²) in [6.45, 7) is 0. The molecule has 4 amide bonds. The molecule has 5 rings (SSSR count). The first-order valence-corrected chi connectivity index (χ1v) is 9.23. The van der Waals surface area contributed by atoms with Gasteiger partial charge >= 0.3 is 0 Å². The number of nitrogens with zero attached hydrogens (tertiary/aromatic N) is 2. The van der Waals surface area contributed by atoms with E-state index >= 15 is 0 Å². The largest absolute Gasteiger partial charge is 0.285 e. The molecule has 0 aromatic rings. The van der Waals surface area contributed by atoms with Crippen LogP contribution in [-0.4, -0.2) is 47.5 Å². The number of hydrogen-bond donors (Lipinski definition) is 0. The smallest absolute Gasteiger partial charge is 0.233 e. The number of allylic oxidation sites excluding steroid dienone is 2. The van der Waals surface area contributed by atoms with Gasteiger partial charge in [-0.1, -0.05) is 25.0 Å². The molecule has 6 atom stereocenters. The molecule has 25 heavy (non-hydrogen) atoms. The molecule has 3 aliphatic carbocycles. The zero-order valence-electron chi connectivity index (χ0n) is 14.7. The Kier molecular flexibility index (Phi) is 3.81. The molecule has 0 radical (unpaired) electrons. The number of fused-ring (bicyclic) bond motifs is 6. The van der Waals surface area contributed by atoms with Crippen LogP contribution >= 0.6 is 0 Å². The van der Waals surface area contributed by atoms with Crippen molar-refractivity contribution in [2.45, 2.75) is 32.1 Å². The summed E-state index contributed by atoms with van der Waals surface area (Å²) in [4.78, 5) is 48.8. The first kappa shape index (κ1) is 16.5. The number of imide groups is 2. The maximum absolute atomic E-state index is 11.7. The van der Waals surface area contributed by atoms with E-state index < -0.39 is 0 Å². The van der Waals surface area contributed by atoms with Crippen LogP contribution in [0.15, 0.2) is 12.2 Å².